The standard InChI is InChI=1S/C14H12N2O5/c17-11-3-8(4-12(18)6-11)14(21)16-10-2-1-9(15-7-10)5-13(19)20/h1-4,6-7,17-18H,5H2,(H,16,21)(H,19,20). The Morgan fingerprint density at radius 3 is 2.29 bits per heavy atom. The highest BCUT2D eigenvalue weighted by molar-refractivity contribution is 6.04. The monoisotopic (exact) mass is 288 g/mol. The van der Waals surface area contributed by atoms with E-state index in [1.54, 1.807) is 0 Å². The number of pyridine rings is 1. The van der Waals surface area contributed by atoms with E-state index in [4.69, 9.17) is 5.11 Å². The van der Waals surface area contributed by atoms with Crippen LogP contribution in [0.4, 0.5) is 5.69 Å². The van der Waals surface area contributed by atoms with Gasteiger partial charge in [0.15, 0.2) is 0 Å². The summed E-state index contributed by atoms with van der Waals surface area (Å²) in [5, 5.41) is 29.8. The fourth-order valence-corrected chi connectivity index (χ4v) is 1.69. The van der Waals surface area contributed by atoms with Crippen molar-refractivity contribution in [1.29, 1.82) is 0 Å². The fourth-order valence-electron chi connectivity index (χ4n) is 1.69. The Kier molecular flexibility index (Phi) is 4.03. The number of nitrogens with zero attached hydrogens (tertiary/aromatic N) is 1. The maximum Gasteiger partial charge on any atom is 0.309 e. The Labute approximate surface area is 119 Å². The molecule has 2 rings (SSSR count). The van der Waals surface area contributed by atoms with Crippen LogP contribution < -0.4 is 5.32 Å². The second-order valence-electron chi connectivity index (χ2n) is 4.30. The van der Waals surface area contributed by atoms with Gasteiger partial charge in [-0.25, -0.2) is 0 Å². The zero-order chi connectivity index (χ0) is 15.4. The summed E-state index contributed by atoms with van der Waals surface area (Å²) >= 11 is 0. The van der Waals surface area contributed by atoms with E-state index in [1.807, 2.05) is 0 Å². The third kappa shape index (κ3) is 3.93. The first-order chi connectivity index (χ1) is 9.94. The van der Waals surface area contributed by atoms with Crippen LogP contribution >= 0.6 is 0 Å². The summed E-state index contributed by atoms with van der Waals surface area (Å²) in [7, 11) is 0. The third-order valence-corrected chi connectivity index (χ3v) is 2.58. The number of aromatic hydroxyl groups is 2. The van der Waals surface area contributed by atoms with Crippen LogP contribution in [0.15, 0.2) is 36.5 Å². The smallest absolute Gasteiger partial charge is 0.309 e. The number of nitrogens with one attached hydrogen (secondary N) is 1. The molecule has 1 aromatic heterocycles. The number of aromatic nitrogens is 1. The molecule has 0 aliphatic carbocycles. The Bertz CT molecular complexity index is 662. The Hall–Kier alpha value is -3.09. The molecule has 2 aromatic rings. The molecule has 7 heteroatoms. The second kappa shape index (κ2) is 5.91. The number of carbonyl (C=O) groups excluding carboxylic acids is 1. The lowest BCUT2D eigenvalue weighted by molar-refractivity contribution is -0.136. The predicted molar refractivity (Wildman–Crippen MR) is 73.3 cm³/mol. The van der Waals surface area contributed by atoms with Gasteiger partial charge in [0.1, 0.15) is 11.5 Å². The third-order valence-electron chi connectivity index (χ3n) is 2.58. The molecule has 0 unspecified atom stereocenters. The van der Waals surface area contributed by atoms with Crippen LogP contribution in [0.3, 0.4) is 0 Å². The first-order valence-corrected chi connectivity index (χ1v) is 5.95. The number of hydrogen-bond donors (Lipinski definition) is 4. The zero-order valence-corrected chi connectivity index (χ0v) is 10.8. The van der Waals surface area contributed by atoms with Crippen LogP contribution in [0.25, 0.3) is 0 Å². The first-order valence-electron chi connectivity index (χ1n) is 5.95. The van der Waals surface area contributed by atoms with Crippen molar-refractivity contribution in [1.82, 2.24) is 4.98 Å². The minimum atomic E-state index is -0.991. The van der Waals surface area contributed by atoms with E-state index in [1.165, 1.54) is 30.5 Å². The van der Waals surface area contributed by atoms with Crippen molar-refractivity contribution >= 4 is 17.6 Å². The van der Waals surface area contributed by atoms with Gasteiger partial charge in [0, 0.05) is 11.6 Å². The summed E-state index contributed by atoms with van der Waals surface area (Å²) in [5.74, 6) is -1.98. The van der Waals surface area contributed by atoms with Gasteiger partial charge in [-0.05, 0) is 24.3 Å². The lowest BCUT2D eigenvalue weighted by Crippen LogP contribution is -2.12. The first kappa shape index (κ1) is 14.3. The second-order valence-corrected chi connectivity index (χ2v) is 4.30. The summed E-state index contributed by atoms with van der Waals surface area (Å²) in [4.78, 5) is 26.4. The average molecular weight is 288 g/mol. The maximum absolute atomic E-state index is 11.9. The Balaban J connectivity index is 2.10. The quantitative estimate of drug-likeness (QED) is 0.674. The van der Waals surface area contributed by atoms with Gasteiger partial charge in [0.05, 0.1) is 24.0 Å². The Morgan fingerprint density at radius 1 is 1.10 bits per heavy atom. The molecule has 7 nitrogen and oxygen atoms in total. The minimum Gasteiger partial charge on any atom is -0.508 e. The zero-order valence-electron chi connectivity index (χ0n) is 10.8. The molecule has 0 fully saturated rings. The predicted octanol–water partition coefficient (Wildman–Crippen LogP) is 1.37. The van der Waals surface area contributed by atoms with Gasteiger partial charge in [-0.3, -0.25) is 14.6 Å². The SMILES string of the molecule is O=C(O)Cc1ccc(NC(=O)c2cc(O)cc(O)c2)cn1. The van der Waals surface area contributed by atoms with E-state index in [-0.39, 0.29) is 23.5 Å². The van der Waals surface area contributed by atoms with Crippen molar-refractivity contribution in [2.75, 3.05) is 5.32 Å². The number of anilines is 1. The van der Waals surface area contributed by atoms with E-state index < -0.39 is 11.9 Å². The molecular weight excluding hydrogens is 276 g/mol. The number of aliphatic carboxylic acids is 1. The molecule has 4 N–H and O–H groups in total. The molecule has 0 saturated carbocycles. The van der Waals surface area contributed by atoms with Crippen LogP contribution in [0, 0.1) is 0 Å². The molecule has 0 aliphatic heterocycles. The number of amides is 1. The molecule has 1 aromatic carbocycles. The summed E-state index contributed by atoms with van der Waals surface area (Å²) in [5.41, 5.74) is 0.828. The highest BCUT2D eigenvalue weighted by Gasteiger charge is 2.09. The number of carboxylic acid groups (broad SMARTS) is 1. The van der Waals surface area contributed by atoms with Crippen LogP contribution in [0.1, 0.15) is 16.1 Å². The summed E-state index contributed by atoms with van der Waals surface area (Å²) in [6.07, 6.45) is 1.13. The van der Waals surface area contributed by atoms with Crippen molar-refractivity contribution in [3.05, 3.63) is 47.8 Å². The van der Waals surface area contributed by atoms with Crippen molar-refractivity contribution in [3.63, 3.8) is 0 Å². The van der Waals surface area contributed by atoms with Gasteiger partial charge >= 0.3 is 5.97 Å². The number of rotatable bonds is 4. The highest BCUT2D eigenvalue weighted by Crippen LogP contribution is 2.21. The van der Waals surface area contributed by atoms with Gasteiger partial charge in [-0.2, -0.15) is 0 Å². The van der Waals surface area contributed by atoms with Crippen LogP contribution in [0.2, 0.25) is 0 Å². The van der Waals surface area contributed by atoms with E-state index >= 15 is 0 Å². The molecular formula is C14H12N2O5. The van der Waals surface area contributed by atoms with Crippen molar-refractivity contribution in [2.45, 2.75) is 6.42 Å². The van der Waals surface area contributed by atoms with E-state index in [0.717, 1.165) is 6.07 Å². The minimum absolute atomic E-state index is 0.0853. The summed E-state index contributed by atoms with van der Waals surface area (Å²) in [6, 6.07) is 6.54. The average Bonchev–Trinajstić information content (AvgIpc) is 2.39. The number of benzene rings is 1. The van der Waals surface area contributed by atoms with Gasteiger partial charge in [0.2, 0.25) is 0 Å². The molecule has 0 spiro atoms. The summed E-state index contributed by atoms with van der Waals surface area (Å²) in [6.45, 7) is 0. The number of hydrogen-bond acceptors (Lipinski definition) is 5. The molecule has 21 heavy (non-hydrogen) atoms. The van der Waals surface area contributed by atoms with E-state index in [2.05, 4.69) is 10.3 Å². The van der Waals surface area contributed by atoms with Crippen LogP contribution in [-0.4, -0.2) is 32.2 Å². The highest BCUT2D eigenvalue weighted by atomic mass is 16.4. The molecule has 108 valence electrons. The number of carbonyl (C=O) groups is 2. The van der Waals surface area contributed by atoms with E-state index in [0.29, 0.717) is 11.4 Å². The fraction of sp³-hybridized carbons (Fsp3) is 0.0714. The molecule has 0 atom stereocenters. The number of phenolic OH excluding ortho intramolecular Hbond substituents is 2. The van der Waals surface area contributed by atoms with Crippen molar-refractivity contribution in [2.24, 2.45) is 0 Å². The topological polar surface area (TPSA) is 120 Å². The normalized spacial score (nSPS) is 10.1. The van der Waals surface area contributed by atoms with Crippen LogP contribution in [-0.2, 0) is 11.2 Å². The van der Waals surface area contributed by atoms with Gasteiger partial charge < -0.3 is 20.6 Å². The largest absolute Gasteiger partial charge is 0.508 e. The van der Waals surface area contributed by atoms with Gasteiger partial charge in [-0.15, -0.1) is 0 Å². The van der Waals surface area contributed by atoms with Gasteiger partial charge in [0.25, 0.3) is 5.91 Å². The lowest BCUT2D eigenvalue weighted by Gasteiger charge is -2.06. The van der Waals surface area contributed by atoms with Gasteiger partial charge in [-0.1, -0.05) is 0 Å². The van der Waals surface area contributed by atoms with Crippen molar-refractivity contribution < 1.29 is 24.9 Å². The van der Waals surface area contributed by atoms with E-state index in [9.17, 15) is 19.8 Å². The molecule has 0 radical (unpaired) electrons. The molecule has 1 heterocycles. The van der Waals surface area contributed by atoms with Crippen LogP contribution in [0.5, 0.6) is 11.5 Å². The Morgan fingerprint density at radius 2 is 1.76 bits per heavy atom. The molecule has 0 bridgehead atoms. The molecule has 0 saturated heterocycles. The molecule has 0 aliphatic rings. The number of carboxylic acids is 1. The maximum atomic E-state index is 11.9. The number of phenols is 2. The van der Waals surface area contributed by atoms with Crippen molar-refractivity contribution in [3.8, 4) is 11.5 Å². The molecule has 1 amide bonds. The lowest BCUT2D eigenvalue weighted by atomic mass is 10.2. The summed E-state index contributed by atoms with van der Waals surface area (Å²) < 4.78 is 0.